The summed E-state index contributed by atoms with van der Waals surface area (Å²) in [6.07, 6.45) is 0. The number of hydrogen-bond donors (Lipinski definition) is 0. The Morgan fingerprint density at radius 3 is 1.50 bits per heavy atom. The van der Waals surface area contributed by atoms with Gasteiger partial charge < -0.3 is 4.42 Å². The van der Waals surface area contributed by atoms with E-state index in [9.17, 15) is 0 Å². The van der Waals surface area contributed by atoms with Crippen molar-refractivity contribution in [2.45, 2.75) is 0 Å². The molecule has 0 saturated heterocycles. The number of furan rings is 1. The molecule has 262 valence electrons. The normalized spacial score (nSPS) is 11.6. The fourth-order valence-corrected chi connectivity index (χ4v) is 7.86. The predicted octanol–water partition coefficient (Wildman–Crippen LogP) is 12.6. The zero-order chi connectivity index (χ0) is 37.0. The molecule has 4 aromatic heterocycles. The van der Waals surface area contributed by atoms with Crippen LogP contribution < -0.4 is 0 Å². The van der Waals surface area contributed by atoms with Gasteiger partial charge in [0, 0.05) is 49.7 Å². The summed E-state index contributed by atoms with van der Waals surface area (Å²) in [4.78, 5) is 20.2. The highest BCUT2D eigenvalue weighted by Crippen LogP contribution is 2.46. The highest BCUT2D eigenvalue weighted by Gasteiger charge is 2.25. The van der Waals surface area contributed by atoms with Gasteiger partial charge >= 0.3 is 0 Å². The van der Waals surface area contributed by atoms with Crippen molar-refractivity contribution >= 4 is 43.9 Å². The molecule has 0 atom stereocenters. The van der Waals surface area contributed by atoms with E-state index in [4.69, 9.17) is 24.4 Å². The van der Waals surface area contributed by atoms with Gasteiger partial charge in [-0.25, -0.2) is 19.9 Å². The van der Waals surface area contributed by atoms with E-state index in [2.05, 4.69) is 108 Å². The second kappa shape index (κ2) is 13.0. The lowest BCUT2D eigenvalue weighted by Crippen LogP contribution is -2.00. The van der Waals surface area contributed by atoms with Crippen LogP contribution in [0.4, 0.5) is 0 Å². The van der Waals surface area contributed by atoms with Gasteiger partial charge in [0.05, 0.1) is 16.4 Å². The van der Waals surface area contributed by atoms with Gasteiger partial charge in [-0.1, -0.05) is 170 Å². The predicted molar refractivity (Wildman–Crippen MR) is 226 cm³/mol. The highest BCUT2D eigenvalue weighted by molar-refractivity contribution is 6.29. The number of benzene rings is 7. The van der Waals surface area contributed by atoms with Gasteiger partial charge in [-0.05, 0) is 23.8 Å². The van der Waals surface area contributed by atoms with E-state index in [1.165, 1.54) is 0 Å². The Bertz CT molecular complexity index is 3150. The minimum absolute atomic E-state index is 0.615. The molecule has 0 fully saturated rings. The zero-order valence-corrected chi connectivity index (χ0v) is 30.0. The Labute approximate surface area is 322 Å². The molecule has 6 nitrogen and oxygen atoms in total. The molecule has 0 saturated carbocycles. The molecule has 4 heterocycles. The number of fused-ring (bicyclic) bond motifs is 7. The van der Waals surface area contributed by atoms with Crippen molar-refractivity contribution in [2.24, 2.45) is 0 Å². The van der Waals surface area contributed by atoms with Crippen LogP contribution in [-0.4, -0.2) is 24.5 Å². The van der Waals surface area contributed by atoms with E-state index in [0.29, 0.717) is 17.5 Å². The third-order valence-electron chi connectivity index (χ3n) is 10.5. The third kappa shape index (κ3) is 5.19. The minimum Gasteiger partial charge on any atom is -0.437 e. The fraction of sp³-hybridized carbons (Fsp3) is 0. The number of para-hydroxylation sites is 3. The first-order chi connectivity index (χ1) is 27.8. The maximum Gasteiger partial charge on any atom is 0.213 e. The molecule has 6 heteroatoms. The molecule has 0 spiro atoms. The highest BCUT2D eigenvalue weighted by atomic mass is 16.3. The second-order valence-electron chi connectivity index (χ2n) is 13.8. The first kappa shape index (κ1) is 31.8. The standard InChI is InChI=1S/C50H31N5O/c1-5-16-33(17-6-1)44-46-42(43-39-24-13-14-27-41(39)55(50(43)56-46)37-22-11-4-12-23-37)40-26-15-25-38(45(40)51-44)32-28-30-36(31-29-32)49-53-47(34-18-7-2-8-19-34)52-48(54-49)35-20-9-3-10-21-35/h1-31H. The van der Waals surface area contributed by atoms with Crippen LogP contribution in [0.3, 0.4) is 0 Å². The molecular weight excluding hydrogens is 687 g/mol. The van der Waals surface area contributed by atoms with Crippen molar-refractivity contribution in [1.82, 2.24) is 24.5 Å². The van der Waals surface area contributed by atoms with Crippen LogP contribution in [0.1, 0.15) is 0 Å². The van der Waals surface area contributed by atoms with Gasteiger partial charge in [0.25, 0.3) is 0 Å². The number of nitrogens with zero attached hydrogens (tertiary/aromatic N) is 5. The zero-order valence-electron chi connectivity index (χ0n) is 30.0. The largest absolute Gasteiger partial charge is 0.437 e. The van der Waals surface area contributed by atoms with Gasteiger partial charge in [-0.3, -0.25) is 4.57 Å². The van der Waals surface area contributed by atoms with Crippen molar-refractivity contribution in [3.05, 3.63) is 188 Å². The molecule has 0 N–H and O–H groups in total. The molecule has 7 aromatic carbocycles. The lowest BCUT2D eigenvalue weighted by Gasteiger charge is -2.12. The monoisotopic (exact) mass is 717 g/mol. The molecule has 0 bridgehead atoms. The Morgan fingerprint density at radius 1 is 0.375 bits per heavy atom. The van der Waals surface area contributed by atoms with Gasteiger partial charge in [0.1, 0.15) is 5.69 Å². The second-order valence-corrected chi connectivity index (χ2v) is 13.8. The SMILES string of the molecule is c1ccc(-c2nc(-c3ccccc3)nc(-c3ccc(-c4cccc5c4nc(-c4ccccc4)c4oc6c(c7ccccc7n6-c6ccccc6)c45)cc3)n2)cc1. The summed E-state index contributed by atoms with van der Waals surface area (Å²) in [5.41, 5.74) is 11.3. The molecule has 0 aliphatic carbocycles. The van der Waals surface area contributed by atoms with Gasteiger partial charge in [-0.2, -0.15) is 0 Å². The number of rotatable bonds is 6. The maximum atomic E-state index is 6.99. The Kier molecular flexibility index (Phi) is 7.38. The number of pyridine rings is 1. The number of hydrogen-bond acceptors (Lipinski definition) is 5. The summed E-state index contributed by atoms with van der Waals surface area (Å²) in [5, 5.41) is 4.30. The van der Waals surface area contributed by atoms with Gasteiger partial charge in [0.15, 0.2) is 23.1 Å². The van der Waals surface area contributed by atoms with Crippen molar-refractivity contribution in [3.8, 4) is 62.2 Å². The summed E-state index contributed by atoms with van der Waals surface area (Å²) >= 11 is 0. The van der Waals surface area contributed by atoms with Crippen LogP contribution in [0.25, 0.3) is 106 Å². The molecule has 0 amide bonds. The topological polar surface area (TPSA) is 69.6 Å². The van der Waals surface area contributed by atoms with Gasteiger partial charge in [-0.15, -0.1) is 0 Å². The summed E-state index contributed by atoms with van der Waals surface area (Å²) in [5.74, 6) is 1.88. The van der Waals surface area contributed by atoms with Crippen molar-refractivity contribution in [3.63, 3.8) is 0 Å². The van der Waals surface area contributed by atoms with Crippen molar-refractivity contribution < 1.29 is 4.42 Å². The summed E-state index contributed by atoms with van der Waals surface area (Å²) < 4.78 is 9.22. The average molecular weight is 718 g/mol. The number of aromatic nitrogens is 5. The summed E-state index contributed by atoms with van der Waals surface area (Å²) in [7, 11) is 0. The van der Waals surface area contributed by atoms with Crippen LogP contribution in [0.5, 0.6) is 0 Å². The first-order valence-corrected chi connectivity index (χ1v) is 18.7. The molecule has 11 aromatic rings. The molecule has 11 rings (SSSR count). The Hall–Kier alpha value is -7.70. The van der Waals surface area contributed by atoms with E-state index in [-0.39, 0.29) is 0 Å². The van der Waals surface area contributed by atoms with Crippen LogP contribution in [0.2, 0.25) is 0 Å². The van der Waals surface area contributed by atoms with E-state index in [0.717, 1.165) is 88.6 Å². The first-order valence-electron chi connectivity index (χ1n) is 18.7. The Balaban J connectivity index is 1.12. The van der Waals surface area contributed by atoms with E-state index >= 15 is 0 Å². The molecule has 0 aliphatic rings. The van der Waals surface area contributed by atoms with Crippen LogP contribution in [0, 0.1) is 0 Å². The van der Waals surface area contributed by atoms with Crippen molar-refractivity contribution in [2.75, 3.05) is 0 Å². The molecule has 0 radical (unpaired) electrons. The quantitative estimate of drug-likeness (QED) is 0.171. The van der Waals surface area contributed by atoms with Crippen molar-refractivity contribution in [1.29, 1.82) is 0 Å². The molecule has 0 unspecified atom stereocenters. The minimum atomic E-state index is 0.615. The molecule has 56 heavy (non-hydrogen) atoms. The van der Waals surface area contributed by atoms with Crippen LogP contribution in [-0.2, 0) is 0 Å². The third-order valence-corrected chi connectivity index (χ3v) is 10.5. The van der Waals surface area contributed by atoms with Crippen LogP contribution >= 0.6 is 0 Å². The molecule has 0 aliphatic heterocycles. The average Bonchev–Trinajstić information content (AvgIpc) is 3.82. The van der Waals surface area contributed by atoms with E-state index in [1.54, 1.807) is 0 Å². The fourth-order valence-electron chi connectivity index (χ4n) is 7.86. The lowest BCUT2D eigenvalue weighted by atomic mass is 9.97. The summed E-state index contributed by atoms with van der Waals surface area (Å²) in [6, 6.07) is 64.3. The maximum absolute atomic E-state index is 6.99. The smallest absolute Gasteiger partial charge is 0.213 e. The van der Waals surface area contributed by atoms with E-state index in [1.807, 2.05) is 84.9 Å². The van der Waals surface area contributed by atoms with Gasteiger partial charge in [0.2, 0.25) is 5.71 Å². The Morgan fingerprint density at radius 2 is 0.875 bits per heavy atom. The lowest BCUT2D eigenvalue weighted by molar-refractivity contribution is 0.645. The van der Waals surface area contributed by atoms with Crippen LogP contribution in [0.15, 0.2) is 192 Å². The summed E-state index contributed by atoms with van der Waals surface area (Å²) in [6.45, 7) is 0. The molecular formula is C50H31N5O. The van der Waals surface area contributed by atoms with E-state index < -0.39 is 0 Å².